The number of hydrogen-bond donors (Lipinski definition) is 3. The van der Waals surface area contributed by atoms with Crippen molar-refractivity contribution in [3.05, 3.63) is 83.6 Å². The third-order valence-corrected chi connectivity index (χ3v) is 7.23. The Hall–Kier alpha value is -4.21. The highest BCUT2D eigenvalue weighted by Gasteiger charge is 2.29. The third kappa shape index (κ3) is 5.36. The number of aryl methyl sites for hydroxylation is 2. The van der Waals surface area contributed by atoms with Gasteiger partial charge >= 0.3 is 0 Å². The molecule has 1 unspecified atom stereocenters. The Morgan fingerprint density at radius 3 is 2.44 bits per heavy atom. The van der Waals surface area contributed by atoms with E-state index in [9.17, 15) is 14.7 Å². The molecule has 2 aromatic carbocycles. The van der Waals surface area contributed by atoms with E-state index >= 15 is 0 Å². The van der Waals surface area contributed by atoms with Crippen molar-refractivity contribution in [3.63, 3.8) is 0 Å². The molecule has 0 aliphatic carbocycles. The summed E-state index contributed by atoms with van der Waals surface area (Å²) in [5, 5.41) is 21.9. The summed E-state index contributed by atoms with van der Waals surface area (Å²) >= 11 is 0. The van der Waals surface area contributed by atoms with Crippen molar-refractivity contribution in [2.24, 2.45) is 7.05 Å². The number of nitrogens with zero attached hydrogens (tertiary/aromatic N) is 4. The van der Waals surface area contributed by atoms with Crippen molar-refractivity contribution in [3.8, 4) is 11.3 Å². The summed E-state index contributed by atoms with van der Waals surface area (Å²) < 4.78 is 2.11. The molecule has 5 rings (SSSR count). The lowest BCUT2D eigenvalue weighted by Crippen LogP contribution is -2.49. The Balaban J connectivity index is 1.32. The second-order valence-corrected chi connectivity index (χ2v) is 9.90. The largest absolute Gasteiger partial charge is 0.394 e. The number of pyridine rings is 1. The van der Waals surface area contributed by atoms with Gasteiger partial charge in [-0.05, 0) is 36.8 Å². The van der Waals surface area contributed by atoms with Crippen LogP contribution in [0.4, 0.5) is 5.82 Å². The van der Waals surface area contributed by atoms with E-state index in [1.54, 1.807) is 12.1 Å². The molecular weight excluding hydrogens is 494 g/mol. The number of amides is 2. The summed E-state index contributed by atoms with van der Waals surface area (Å²) in [4.78, 5) is 34.7. The number of anilines is 1. The number of hydrogen-bond acceptors (Lipinski definition) is 6. The summed E-state index contributed by atoms with van der Waals surface area (Å²) in [5.41, 5.74) is 5.17. The number of carbonyl (C=O) groups is 2. The van der Waals surface area contributed by atoms with Gasteiger partial charge in [-0.3, -0.25) is 9.59 Å². The molecule has 9 nitrogen and oxygen atoms in total. The van der Waals surface area contributed by atoms with Gasteiger partial charge in [0.25, 0.3) is 11.8 Å². The molecule has 1 aliphatic rings. The minimum absolute atomic E-state index is 0.0229. The van der Waals surface area contributed by atoms with Gasteiger partial charge < -0.3 is 29.9 Å². The highest BCUT2D eigenvalue weighted by Crippen LogP contribution is 2.35. The van der Waals surface area contributed by atoms with Crippen LogP contribution in [-0.2, 0) is 7.05 Å². The maximum absolute atomic E-state index is 14.0. The van der Waals surface area contributed by atoms with Crippen molar-refractivity contribution in [1.82, 2.24) is 19.8 Å². The first-order valence-corrected chi connectivity index (χ1v) is 13.1. The van der Waals surface area contributed by atoms with E-state index in [1.807, 2.05) is 49.2 Å². The smallest absolute Gasteiger partial charge is 0.256 e. The normalized spacial score (nSPS) is 14.5. The van der Waals surface area contributed by atoms with Gasteiger partial charge in [-0.2, -0.15) is 0 Å². The fraction of sp³-hybridized carbons (Fsp3) is 0.300. The summed E-state index contributed by atoms with van der Waals surface area (Å²) in [5.74, 6) is 0.395. The number of nitrogens with one attached hydrogen (secondary N) is 1. The molecule has 0 spiro atoms. The molecule has 9 heteroatoms. The molecule has 0 saturated carbocycles. The maximum atomic E-state index is 14.0. The van der Waals surface area contributed by atoms with E-state index in [1.165, 1.54) is 6.20 Å². The number of aromatic nitrogens is 2. The van der Waals surface area contributed by atoms with Crippen LogP contribution in [0.25, 0.3) is 22.2 Å². The van der Waals surface area contributed by atoms with E-state index in [-0.39, 0.29) is 18.4 Å². The zero-order valence-corrected chi connectivity index (χ0v) is 22.2. The minimum atomic E-state index is -0.998. The molecule has 1 fully saturated rings. The molecule has 2 amide bonds. The molecule has 0 bridgehead atoms. The Labute approximate surface area is 227 Å². The molecule has 202 valence electrons. The predicted octanol–water partition coefficient (Wildman–Crippen LogP) is 2.59. The standard InChI is InChI=1S/C30H33N5O4/c1-20-8-10-25-24(16-20)27(28(33(25)2)21-6-4-3-5-7-21)30(39)35-14-12-34(13-15-35)26-11-9-22(17-31-26)29(38)32-18-23(37)19-36/h3-11,16-17,23,36-37H,12-15,18-19H2,1-2H3,(H,32,38). The number of fused-ring (bicyclic) bond motifs is 1. The van der Waals surface area contributed by atoms with Gasteiger partial charge in [-0.1, -0.05) is 42.0 Å². The first-order valence-electron chi connectivity index (χ1n) is 13.1. The predicted molar refractivity (Wildman–Crippen MR) is 151 cm³/mol. The van der Waals surface area contributed by atoms with Gasteiger partial charge in [0, 0.05) is 56.9 Å². The van der Waals surface area contributed by atoms with Gasteiger partial charge in [-0.15, -0.1) is 0 Å². The van der Waals surface area contributed by atoms with Gasteiger partial charge in [0.1, 0.15) is 5.82 Å². The van der Waals surface area contributed by atoms with Crippen LogP contribution in [0.15, 0.2) is 66.9 Å². The Morgan fingerprint density at radius 2 is 1.77 bits per heavy atom. The van der Waals surface area contributed by atoms with Crippen molar-refractivity contribution >= 4 is 28.5 Å². The van der Waals surface area contributed by atoms with Crippen molar-refractivity contribution < 1.29 is 19.8 Å². The van der Waals surface area contributed by atoms with Crippen molar-refractivity contribution in [1.29, 1.82) is 0 Å². The summed E-state index contributed by atoms with van der Waals surface area (Å²) in [6.07, 6.45) is 0.500. The molecule has 1 saturated heterocycles. The lowest BCUT2D eigenvalue weighted by atomic mass is 10.0. The van der Waals surface area contributed by atoms with E-state index in [4.69, 9.17) is 5.11 Å². The zero-order valence-electron chi connectivity index (χ0n) is 22.2. The number of benzene rings is 2. The van der Waals surface area contributed by atoms with Crippen molar-refractivity contribution in [2.75, 3.05) is 44.2 Å². The number of rotatable bonds is 7. The Bertz CT molecular complexity index is 1480. The third-order valence-electron chi connectivity index (χ3n) is 7.23. The molecule has 4 aromatic rings. The van der Waals surface area contributed by atoms with Crippen LogP contribution in [0.3, 0.4) is 0 Å². The van der Waals surface area contributed by atoms with Crippen LogP contribution in [0.2, 0.25) is 0 Å². The van der Waals surface area contributed by atoms with Gasteiger partial charge in [0.2, 0.25) is 0 Å². The maximum Gasteiger partial charge on any atom is 0.256 e. The van der Waals surface area contributed by atoms with E-state index in [0.29, 0.717) is 31.7 Å². The zero-order chi connectivity index (χ0) is 27.5. The monoisotopic (exact) mass is 527 g/mol. The molecule has 1 atom stereocenters. The van der Waals surface area contributed by atoms with Gasteiger partial charge in [0.15, 0.2) is 0 Å². The second kappa shape index (κ2) is 11.3. The molecule has 3 N–H and O–H groups in total. The number of carbonyl (C=O) groups excluding carboxylic acids is 2. The number of aliphatic hydroxyl groups excluding tert-OH is 2. The Morgan fingerprint density at radius 1 is 1.03 bits per heavy atom. The van der Waals surface area contributed by atoms with Gasteiger partial charge in [0.05, 0.1) is 29.5 Å². The number of piperazine rings is 1. The number of aliphatic hydroxyl groups is 2. The molecule has 1 aliphatic heterocycles. The first-order chi connectivity index (χ1) is 18.9. The SMILES string of the molecule is Cc1ccc2c(c1)c(C(=O)N1CCN(c3ccc(C(=O)NCC(O)CO)cn3)CC1)c(-c1ccccc1)n2C. The fourth-order valence-electron chi connectivity index (χ4n) is 5.09. The van der Waals surface area contributed by atoms with Crippen LogP contribution >= 0.6 is 0 Å². The quantitative estimate of drug-likeness (QED) is 0.341. The minimum Gasteiger partial charge on any atom is -0.394 e. The molecule has 39 heavy (non-hydrogen) atoms. The van der Waals surface area contributed by atoms with Crippen LogP contribution in [0.1, 0.15) is 26.3 Å². The lowest BCUT2D eigenvalue weighted by Gasteiger charge is -2.35. The van der Waals surface area contributed by atoms with Crippen LogP contribution in [0, 0.1) is 6.92 Å². The highest BCUT2D eigenvalue weighted by atomic mass is 16.3. The first kappa shape index (κ1) is 26.4. The second-order valence-electron chi connectivity index (χ2n) is 9.90. The topological polar surface area (TPSA) is 111 Å². The summed E-state index contributed by atoms with van der Waals surface area (Å²) in [7, 11) is 2.01. The van der Waals surface area contributed by atoms with Crippen LogP contribution < -0.4 is 10.2 Å². The molecule has 0 radical (unpaired) electrons. The summed E-state index contributed by atoms with van der Waals surface area (Å²) in [6, 6.07) is 19.8. The van der Waals surface area contributed by atoms with E-state index < -0.39 is 12.7 Å². The fourth-order valence-corrected chi connectivity index (χ4v) is 5.09. The van der Waals surface area contributed by atoms with Crippen LogP contribution in [0.5, 0.6) is 0 Å². The van der Waals surface area contributed by atoms with Crippen molar-refractivity contribution in [2.45, 2.75) is 13.0 Å². The highest BCUT2D eigenvalue weighted by molar-refractivity contribution is 6.13. The molecular formula is C30H33N5O4. The van der Waals surface area contributed by atoms with Crippen LogP contribution in [-0.4, -0.2) is 81.9 Å². The van der Waals surface area contributed by atoms with Gasteiger partial charge in [-0.25, -0.2) is 4.98 Å². The Kier molecular flexibility index (Phi) is 7.63. The molecule has 2 aromatic heterocycles. The van der Waals surface area contributed by atoms with E-state index in [2.05, 4.69) is 38.0 Å². The lowest BCUT2D eigenvalue weighted by molar-refractivity contribution is 0.0748. The average Bonchev–Trinajstić information content (AvgIpc) is 3.26. The molecule has 3 heterocycles. The van der Waals surface area contributed by atoms with E-state index in [0.717, 1.165) is 39.1 Å². The summed E-state index contributed by atoms with van der Waals surface area (Å²) in [6.45, 7) is 3.95. The average molecular weight is 528 g/mol.